The minimum atomic E-state index is -0.287. The van der Waals surface area contributed by atoms with Gasteiger partial charge in [0.05, 0.1) is 6.54 Å². The zero-order valence-corrected chi connectivity index (χ0v) is 8.22. The van der Waals surface area contributed by atoms with Crippen molar-refractivity contribution in [2.45, 2.75) is 20.8 Å². The van der Waals surface area contributed by atoms with E-state index in [0.717, 1.165) is 5.92 Å². The Morgan fingerprint density at radius 3 is 1.64 bits per heavy atom. The van der Waals surface area contributed by atoms with Crippen molar-refractivity contribution in [2.75, 3.05) is 20.6 Å². The summed E-state index contributed by atoms with van der Waals surface area (Å²) in [7, 11) is 3.59. The van der Waals surface area contributed by atoms with Gasteiger partial charge in [0.25, 0.3) is 0 Å². The molecule has 3 nitrogen and oxygen atoms in total. The molecule has 0 aliphatic carbocycles. The van der Waals surface area contributed by atoms with Gasteiger partial charge >= 0.3 is 0 Å². The zero-order chi connectivity index (χ0) is 9.44. The molecule has 0 atom stereocenters. The van der Waals surface area contributed by atoms with Crippen LogP contribution in [0.15, 0.2) is 0 Å². The van der Waals surface area contributed by atoms with Crippen LogP contribution >= 0.6 is 0 Å². The van der Waals surface area contributed by atoms with Crippen molar-refractivity contribution < 1.29 is 4.79 Å². The monoisotopic (exact) mass is 160 g/mol. The molecule has 0 spiro atoms. The summed E-state index contributed by atoms with van der Waals surface area (Å²) in [4.78, 5) is 11.7. The number of hydrogen-bond acceptors (Lipinski definition) is 2. The minimum Gasteiger partial charge on any atom is -0.369 e. The first kappa shape index (κ1) is 13.1. The molecule has 0 aromatic carbocycles. The maximum atomic E-state index is 9.99. The largest absolute Gasteiger partial charge is 0.369 e. The van der Waals surface area contributed by atoms with Crippen molar-refractivity contribution in [1.29, 1.82) is 0 Å². The summed E-state index contributed by atoms with van der Waals surface area (Å²) < 4.78 is 0. The average molecular weight is 160 g/mol. The Balaban J connectivity index is 0. The van der Waals surface area contributed by atoms with Gasteiger partial charge in [-0.25, -0.2) is 0 Å². The van der Waals surface area contributed by atoms with Crippen molar-refractivity contribution in [3.8, 4) is 0 Å². The number of carbonyl (C=O) groups is 1. The summed E-state index contributed by atoms with van der Waals surface area (Å²) in [6.07, 6.45) is 0. The Hall–Kier alpha value is -0.570. The van der Waals surface area contributed by atoms with E-state index >= 15 is 0 Å². The number of carbonyl (C=O) groups excluding carboxylic acids is 1. The van der Waals surface area contributed by atoms with Gasteiger partial charge in [0.1, 0.15) is 0 Å². The van der Waals surface area contributed by atoms with Gasteiger partial charge in [-0.2, -0.15) is 0 Å². The first-order chi connectivity index (χ1) is 4.86. The van der Waals surface area contributed by atoms with E-state index in [0.29, 0.717) is 6.54 Å². The predicted molar refractivity (Wildman–Crippen MR) is 48.3 cm³/mol. The SMILES string of the molecule is CC(C)C.CN(C)CC(N)=O. The van der Waals surface area contributed by atoms with Gasteiger partial charge in [0, 0.05) is 0 Å². The molecule has 0 saturated carbocycles. The third-order valence-corrected chi connectivity index (χ3v) is 0.472. The number of primary amides is 1. The third-order valence-electron chi connectivity index (χ3n) is 0.472. The van der Waals surface area contributed by atoms with E-state index in [2.05, 4.69) is 20.8 Å². The lowest BCUT2D eigenvalue weighted by molar-refractivity contribution is -0.118. The summed E-state index contributed by atoms with van der Waals surface area (Å²) in [6.45, 7) is 6.83. The lowest BCUT2D eigenvalue weighted by atomic mass is 10.3. The molecule has 0 radical (unpaired) electrons. The van der Waals surface area contributed by atoms with Crippen LogP contribution in [0.5, 0.6) is 0 Å². The van der Waals surface area contributed by atoms with E-state index < -0.39 is 0 Å². The van der Waals surface area contributed by atoms with Crippen molar-refractivity contribution >= 4 is 5.91 Å². The van der Waals surface area contributed by atoms with Crippen LogP contribution in [0.1, 0.15) is 20.8 Å². The summed E-state index contributed by atoms with van der Waals surface area (Å²) in [5.41, 5.74) is 4.81. The van der Waals surface area contributed by atoms with E-state index in [-0.39, 0.29) is 5.91 Å². The molecule has 0 unspecified atom stereocenters. The number of rotatable bonds is 2. The fraction of sp³-hybridized carbons (Fsp3) is 0.875. The van der Waals surface area contributed by atoms with Crippen LogP contribution in [0.25, 0.3) is 0 Å². The van der Waals surface area contributed by atoms with Crippen molar-refractivity contribution in [1.82, 2.24) is 4.90 Å². The Morgan fingerprint density at radius 1 is 1.36 bits per heavy atom. The van der Waals surface area contributed by atoms with Crippen LogP contribution in [0.4, 0.5) is 0 Å². The van der Waals surface area contributed by atoms with Gasteiger partial charge < -0.3 is 10.6 Å². The number of hydrogen-bond donors (Lipinski definition) is 1. The second-order valence-electron chi connectivity index (χ2n) is 3.44. The molecule has 0 fully saturated rings. The lowest BCUT2D eigenvalue weighted by Crippen LogP contribution is -2.27. The van der Waals surface area contributed by atoms with E-state index in [1.54, 1.807) is 19.0 Å². The molecule has 1 amide bonds. The van der Waals surface area contributed by atoms with Gasteiger partial charge in [0.2, 0.25) is 5.91 Å². The van der Waals surface area contributed by atoms with E-state index in [9.17, 15) is 4.79 Å². The van der Waals surface area contributed by atoms with Gasteiger partial charge in [0.15, 0.2) is 0 Å². The molecule has 68 valence electrons. The van der Waals surface area contributed by atoms with Crippen LogP contribution in [-0.4, -0.2) is 31.4 Å². The lowest BCUT2D eigenvalue weighted by Gasteiger charge is -2.02. The summed E-state index contributed by atoms with van der Waals surface area (Å²) in [6, 6.07) is 0. The van der Waals surface area contributed by atoms with E-state index in [4.69, 9.17) is 5.73 Å². The Bertz CT molecular complexity index is 97.5. The molecule has 0 heterocycles. The molecule has 2 N–H and O–H groups in total. The van der Waals surface area contributed by atoms with E-state index in [1.807, 2.05) is 0 Å². The number of amides is 1. The van der Waals surface area contributed by atoms with Crippen molar-refractivity contribution in [3.05, 3.63) is 0 Å². The predicted octanol–water partition coefficient (Wildman–Crippen LogP) is 0.696. The maximum absolute atomic E-state index is 9.99. The quantitative estimate of drug-likeness (QED) is 0.646. The standard InChI is InChI=1S/C4H10N2O.C4H10/c1-6(2)3-4(5)7;1-4(2)3/h3H2,1-2H3,(H2,5,7);4H,1-3H3. The molecule has 0 aliphatic rings. The van der Waals surface area contributed by atoms with Crippen LogP contribution in [-0.2, 0) is 4.79 Å². The second kappa shape index (κ2) is 7.54. The highest BCUT2D eigenvalue weighted by molar-refractivity contribution is 5.75. The molecule has 11 heavy (non-hydrogen) atoms. The molecule has 0 aliphatic heterocycles. The fourth-order valence-electron chi connectivity index (χ4n) is 0.312. The molecule has 0 bridgehead atoms. The van der Waals surface area contributed by atoms with Crippen molar-refractivity contribution in [3.63, 3.8) is 0 Å². The number of nitrogens with two attached hydrogens (primary N) is 1. The highest BCUT2D eigenvalue weighted by Gasteiger charge is 1.92. The molecule has 0 aromatic heterocycles. The van der Waals surface area contributed by atoms with Gasteiger partial charge in [-0.1, -0.05) is 20.8 Å². The average Bonchev–Trinajstić information content (AvgIpc) is 1.56. The third kappa shape index (κ3) is 44.2. The summed E-state index contributed by atoms with van der Waals surface area (Å²) >= 11 is 0. The van der Waals surface area contributed by atoms with Gasteiger partial charge in [-0.3, -0.25) is 4.79 Å². The zero-order valence-electron chi connectivity index (χ0n) is 8.22. The van der Waals surface area contributed by atoms with Gasteiger partial charge in [-0.15, -0.1) is 0 Å². The smallest absolute Gasteiger partial charge is 0.231 e. The Kier molecular flexibility index (Phi) is 8.94. The van der Waals surface area contributed by atoms with Crippen LogP contribution in [0.2, 0.25) is 0 Å². The molecule has 3 heteroatoms. The second-order valence-corrected chi connectivity index (χ2v) is 3.44. The number of nitrogens with zero attached hydrogens (tertiary/aromatic N) is 1. The first-order valence-corrected chi connectivity index (χ1v) is 3.79. The Labute approximate surface area is 69.6 Å². The highest BCUT2D eigenvalue weighted by atomic mass is 16.1. The van der Waals surface area contributed by atoms with E-state index in [1.165, 1.54) is 0 Å². The topological polar surface area (TPSA) is 46.3 Å². The molecule has 0 rings (SSSR count). The van der Waals surface area contributed by atoms with Crippen molar-refractivity contribution in [2.24, 2.45) is 11.7 Å². The summed E-state index contributed by atoms with van der Waals surface area (Å²) in [5.74, 6) is 0.546. The van der Waals surface area contributed by atoms with Crippen LogP contribution in [0.3, 0.4) is 0 Å². The molecular weight excluding hydrogens is 140 g/mol. The first-order valence-electron chi connectivity index (χ1n) is 3.79. The molecular formula is C8H20N2O. The highest BCUT2D eigenvalue weighted by Crippen LogP contribution is 1.81. The summed E-state index contributed by atoms with van der Waals surface area (Å²) in [5, 5.41) is 0. The minimum absolute atomic E-state index is 0.287. The molecule has 0 aromatic rings. The van der Waals surface area contributed by atoms with Crippen LogP contribution < -0.4 is 5.73 Å². The fourth-order valence-corrected chi connectivity index (χ4v) is 0.312. The van der Waals surface area contributed by atoms with Crippen LogP contribution in [0, 0.1) is 5.92 Å². The Morgan fingerprint density at radius 2 is 1.64 bits per heavy atom. The normalized spacial score (nSPS) is 9.36. The number of likely N-dealkylation sites (N-methyl/N-ethyl adjacent to an activating group) is 1. The maximum Gasteiger partial charge on any atom is 0.231 e. The van der Waals surface area contributed by atoms with Gasteiger partial charge in [-0.05, 0) is 20.0 Å². The molecule has 0 saturated heterocycles.